The number of benzene rings is 2. The van der Waals surface area contributed by atoms with E-state index in [9.17, 15) is 17.6 Å². The number of aryl methyl sites for hydroxylation is 1. The number of carbonyl (C=O) groups excluding carboxylic acids is 1. The van der Waals surface area contributed by atoms with Crippen molar-refractivity contribution in [2.45, 2.75) is 17.7 Å². The van der Waals surface area contributed by atoms with E-state index in [1.165, 1.54) is 38.4 Å². The fourth-order valence-electron chi connectivity index (χ4n) is 2.54. The molecule has 0 atom stereocenters. The molecule has 6 nitrogen and oxygen atoms in total. The summed E-state index contributed by atoms with van der Waals surface area (Å²) in [6.45, 7) is 0. The Morgan fingerprint density at radius 1 is 1.07 bits per heavy atom. The maximum absolute atomic E-state index is 13.2. The van der Waals surface area contributed by atoms with E-state index in [0.29, 0.717) is 17.8 Å². The predicted octanol–water partition coefficient (Wildman–Crippen LogP) is 2.71. The van der Waals surface area contributed by atoms with Gasteiger partial charge in [0, 0.05) is 34.6 Å². The van der Waals surface area contributed by atoms with Gasteiger partial charge >= 0.3 is 0 Å². The van der Waals surface area contributed by atoms with Crippen LogP contribution in [0.5, 0.6) is 0 Å². The molecule has 0 aliphatic heterocycles. The molecule has 0 radical (unpaired) electrons. The zero-order valence-corrected chi connectivity index (χ0v) is 16.7. The number of anilines is 2. The van der Waals surface area contributed by atoms with Gasteiger partial charge in [-0.1, -0.05) is 12.1 Å². The molecule has 2 aromatic rings. The molecule has 0 heterocycles. The van der Waals surface area contributed by atoms with Crippen molar-refractivity contribution in [3.05, 3.63) is 53.8 Å². The molecule has 0 bridgehead atoms. The lowest BCUT2D eigenvalue weighted by atomic mass is 10.1. The summed E-state index contributed by atoms with van der Waals surface area (Å²) in [7, 11) is 2.89. The molecule has 2 rings (SSSR count). The van der Waals surface area contributed by atoms with Gasteiger partial charge in [-0.05, 0) is 42.3 Å². The number of amides is 1. The van der Waals surface area contributed by atoms with Gasteiger partial charge in [-0.25, -0.2) is 17.1 Å². The first-order valence-corrected chi connectivity index (χ1v) is 9.83. The highest BCUT2D eigenvalue weighted by atomic mass is 32.2. The van der Waals surface area contributed by atoms with Crippen LogP contribution in [0, 0.1) is 5.82 Å². The second-order valence-electron chi connectivity index (χ2n) is 6.54. The summed E-state index contributed by atoms with van der Waals surface area (Å²) < 4.78 is 39.1. The molecule has 0 unspecified atom stereocenters. The van der Waals surface area contributed by atoms with Crippen LogP contribution in [0.25, 0.3) is 0 Å². The lowest BCUT2D eigenvalue weighted by molar-refractivity contribution is -0.116. The second-order valence-corrected chi connectivity index (χ2v) is 8.69. The van der Waals surface area contributed by atoms with Crippen molar-refractivity contribution >= 4 is 27.3 Å². The molecular weight excluding hydrogens is 369 g/mol. The topological polar surface area (TPSA) is 69.7 Å². The lowest BCUT2D eigenvalue weighted by Gasteiger charge is -2.20. The fourth-order valence-corrected chi connectivity index (χ4v) is 3.47. The van der Waals surface area contributed by atoms with Crippen LogP contribution >= 0.6 is 0 Å². The van der Waals surface area contributed by atoms with Crippen molar-refractivity contribution < 1.29 is 17.6 Å². The first-order valence-electron chi connectivity index (χ1n) is 8.39. The average Bonchev–Trinajstić information content (AvgIpc) is 2.59. The first kappa shape index (κ1) is 20.9. The predicted molar refractivity (Wildman–Crippen MR) is 105 cm³/mol. The Morgan fingerprint density at radius 3 is 2.37 bits per heavy atom. The third-order valence-electron chi connectivity index (χ3n) is 4.03. The minimum atomic E-state index is -3.62. The van der Waals surface area contributed by atoms with E-state index in [4.69, 9.17) is 0 Å². The van der Waals surface area contributed by atoms with E-state index in [2.05, 4.69) is 5.32 Å². The van der Waals surface area contributed by atoms with Crippen LogP contribution in [-0.2, 0) is 21.2 Å². The second kappa shape index (κ2) is 8.49. The highest BCUT2D eigenvalue weighted by molar-refractivity contribution is 7.89. The van der Waals surface area contributed by atoms with Crippen molar-refractivity contribution in [2.24, 2.45) is 0 Å². The summed E-state index contributed by atoms with van der Waals surface area (Å²) in [5.74, 6) is -0.619. The van der Waals surface area contributed by atoms with E-state index in [1.807, 2.05) is 0 Å². The summed E-state index contributed by atoms with van der Waals surface area (Å²) in [6, 6.07) is 10.7. The number of halogens is 1. The molecular formula is C19H24FN3O3S. The molecule has 8 heteroatoms. The zero-order valence-electron chi connectivity index (χ0n) is 15.9. The summed E-state index contributed by atoms with van der Waals surface area (Å²) >= 11 is 0. The quantitative estimate of drug-likeness (QED) is 0.785. The van der Waals surface area contributed by atoms with E-state index in [-0.39, 0.29) is 23.0 Å². The van der Waals surface area contributed by atoms with Gasteiger partial charge in [0.25, 0.3) is 0 Å². The van der Waals surface area contributed by atoms with Gasteiger partial charge in [-0.3, -0.25) is 4.79 Å². The van der Waals surface area contributed by atoms with Gasteiger partial charge < -0.3 is 10.2 Å². The molecule has 1 amide bonds. The third-order valence-corrected chi connectivity index (χ3v) is 5.84. The molecule has 27 heavy (non-hydrogen) atoms. The van der Waals surface area contributed by atoms with Gasteiger partial charge in [-0.2, -0.15) is 0 Å². The Labute approximate surface area is 159 Å². The van der Waals surface area contributed by atoms with Crippen molar-refractivity contribution in [1.82, 2.24) is 4.31 Å². The van der Waals surface area contributed by atoms with Crippen LogP contribution in [0.4, 0.5) is 15.8 Å². The SMILES string of the molecule is CN(C)c1ccc(S(=O)(=O)N(C)C)cc1NC(=O)CCc1cccc(F)c1. The molecule has 146 valence electrons. The Morgan fingerprint density at radius 2 is 1.78 bits per heavy atom. The Balaban J connectivity index is 2.21. The maximum atomic E-state index is 13.2. The van der Waals surface area contributed by atoms with E-state index >= 15 is 0 Å². The van der Waals surface area contributed by atoms with Crippen LogP contribution in [0.2, 0.25) is 0 Å². The largest absolute Gasteiger partial charge is 0.376 e. The Kier molecular flexibility index (Phi) is 6.56. The van der Waals surface area contributed by atoms with Crippen molar-refractivity contribution in [2.75, 3.05) is 38.4 Å². The van der Waals surface area contributed by atoms with Crippen LogP contribution in [0.1, 0.15) is 12.0 Å². The minimum absolute atomic E-state index is 0.0959. The van der Waals surface area contributed by atoms with Gasteiger partial charge in [0.05, 0.1) is 16.3 Å². The highest BCUT2D eigenvalue weighted by Gasteiger charge is 2.20. The van der Waals surface area contributed by atoms with Crippen LogP contribution in [-0.4, -0.2) is 46.8 Å². The van der Waals surface area contributed by atoms with E-state index in [0.717, 1.165) is 9.87 Å². The third kappa shape index (κ3) is 5.27. The van der Waals surface area contributed by atoms with E-state index in [1.54, 1.807) is 37.2 Å². The smallest absolute Gasteiger partial charge is 0.242 e. The van der Waals surface area contributed by atoms with Crippen LogP contribution < -0.4 is 10.2 Å². The summed E-state index contributed by atoms with van der Waals surface area (Å²) in [5.41, 5.74) is 1.82. The number of nitrogens with zero attached hydrogens (tertiary/aromatic N) is 2. The Bertz CT molecular complexity index is 928. The standard InChI is InChI=1S/C19H24FN3O3S/c1-22(2)18-10-9-16(27(25,26)23(3)4)13-17(18)21-19(24)11-8-14-6-5-7-15(20)12-14/h5-7,9-10,12-13H,8,11H2,1-4H3,(H,21,24). The highest BCUT2D eigenvalue weighted by Crippen LogP contribution is 2.28. The molecule has 0 aliphatic rings. The molecule has 0 aromatic heterocycles. The molecule has 0 fully saturated rings. The normalized spacial score (nSPS) is 11.5. The average molecular weight is 393 g/mol. The number of hydrogen-bond acceptors (Lipinski definition) is 4. The number of sulfonamides is 1. The number of carbonyl (C=O) groups is 1. The molecule has 0 saturated heterocycles. The van der Waals surface area contributed by atoms with Crippen LogP contribution in [0.15, 0.2) is 47.4 Å². The van der Waals surface area contributed by atoms with Crippen molar-refractivity contribution in [1.29, 1.82) is 0 Å². The number of rotatable bonds is 7. The van der Waals surface area contributed by atoms with Crippen LogP contribution in [0.3, 0.4) is 0 Å². The zero-order chi connectivity index (χ0) is 20.2. The van der Waals surface area contributed by atoms with Gasteiger partial charge in [0.15, 0.2) is 0 Å². The van der Waals surface area contributed by atoms with Gasteiger partial charge in [-0.15, -0.1) is 0 Å². The Hall–Kier alpha value is -2.45. The minimum Gasteiger partial charge on any atom is -0.376 e. The molecule has 0 spiro atoms. The number of hydrogen-bond donors (Lipinski definition) is 1. The summed E-state index contributed by atoms with van der Waals surface area (Å²) in [5, 5.41) is 2.77. The molecule has 1 N–H and O–H groups in total. The molecule has 0 saturated carbocycles. The van der Waals surface area contributed by atoms with Gasteiger partial charge in [0.1, 0.15) is 5.82 Å². The molecule has 2 aromatic carbocycles. The van der Waals surface area contributed by atoms with E-state index < -0.39 is 10.0 Å². The monoisotopic (exact) mass is 393 g/mol. The van der Waals surface area contributed by atoms with Crippen molar-refractivity contribution in [3.63, 3.8) is 0 Å². The lowest BCUT2D eigenvalue weighted by Crippen LogP contribution is -2.23. The summed E-state index contributed by atoms with van der Waals surface area (Å²) in [4.78, 5) is 14.2. The molecule has 0 aliphatic carbocycles. The first-order chi connectivity index (χ1) is 12.6. The fraction of sp³-hybridized carbons (Fsp3) is 0.316. The van der Waals surface area contributed by atoms with Gasteiger partial charge in [0.2, 0.25) is 15.9 Å². The number of nitrogens with one attached hydrogen (secondary N) is 1. The van der Waals surface area contributed by atoms with Crippen molar-refractivity contribution in [3.8, 4) is 0 Å². The maximum Gasteiger partial charge on any atom is 0.242 e. The summed E-state index contributed by atoms with van der Waals surface area (Å²) in [6.07, 6.45) is 0.539.